The maximum Gasteiger partial charge on any atom is 0.243 e. The average Bonchev–Trinajstić information content (AvgIpc) is 3.40. The zero-order chi connectivity index (χ0) is 16.9. The van der Waals surface area contributed by atoms with E-state index in [1.807, 2.05) is 31.3 Å². The molecule has 3 rings (SSSR count). The van der Waals surface area contributed by atoms with Crippen LogP contribution in [0.1, 0.15) is 12.8 Å². The van der Waals surface area contributed by atoms with E-state index in [-0.39, 0.29) is 12.5 Å². The number of nitrogens with zero attached hydrogens (tertiary/aromatic N) is 2. The Labute approximate surface area is 148 Å². The van der Waals surface area contributed by atoms with Gasteiger partial charge in [0.25, 0.3) is 0 Å². The van der Waals surface area contributed by atoms with Crippen molar-refractivity contribution in [2.75, 3.05) is 50.1 Å². The summed E-state index contributed by atoms with van der Waals surface area (Å²) in [6.45, 7) is 3.58. The number of carbonyl (C=O) groups excluding carboxylic acids is 1. The molecule has 130 valence electrons. The highest BCUT2D eigenvalue weighted by molar-refractivity contribution is 7.80. The maximum absolute atomic E-state index is 12.1. The Balaban J connectivity index is 1.47. The molecule has 0 radical (unpaired) electrons. The number of hydrogen-bond acceptors (Lipinski definition) is 4. The molecule has 7 heteroatoms. The smallest absolute Gasteiger partial charge is 0.243 e. The molecule has 1 amide bonds. The number of hydrogen-bond donors (Lipinski definition) is 2. The van der Waals surface area contributed by atoms with E-state index in [2.05, 4.69) is 15.5 Å². The van der Waals surface area contributed by atoms with Crippen molar-refractivity contribution in [1.82, 2.24) is 10.2 Å². The molecule has 2 fully saturated rings. The minimum atomic E-state index is -0.0726. The van der Waals surface area contributed by atoms with Crippen LogP contribution in [0.5, 0.6) is 0 Å². The first-order chi connectivity index (χ1) is 11.6. The fourth-order valence-electron chi connectivity index (χ4n) is 2.58. The Morgan fingerprint density at radius 1 is 1.29 bits per heavy atom. The maximum atomic E-state index is 12.1. The second-order valence-corrected chi connectivity index (χ2v) is 6.66. The van der Waals surface area contributed by atoms with Crippen molar-refractivity contribution < 1.29 is 9.53 Å². The van der Waals surface area contributed by atoms with Gasteiger partial charge in [-0.1, -0.05) is 0 Å². The molecule has 1 aliphatic heterocycles. The van der Waals surface area contributed by atoms with E-state index in [0.29, 0.717) is 11.2 Å². The molecular weight excluding hydrogens is 324 g/mol. The second kappa shape index (κ2) is 7.81. The van der Waals surface area contributed by atoms with Gasteiger partial charge in [-0.3, -0.25) is 4.79 Å². The van der Waals surface area contributed by atoms with Crippen molar-refractivity contribution in [3.05, 3.63) is 24.3 Å². The van der Waals surface area contributed by atoms with Crippen LogP contribution >= 0.6 is 12.2 Å². The molecule has 0 spiro atoms. The number of nitrogens with one attached hydrogen (secondary N) is 2. The summed E-state index contributed by atoms with van der Waals surface area (Å²) in [6, 6.07) is 8.43. The Bertz CT molecular complexity index is 583. The topological polar surface area (TPSA) is 56.8 Å². The summed E-state index contributed by atoms with van der Waals surface area (Å²) < 4.78 is 5.36. The molecule has 1 aliphatic carbocycles. The Morgan fingerprint density at radius 2 is 1.96 bits per heavy atom. The molecule has 0 unspecified atom stereocenters. The minimum Gasteiger partial charge on any atom is -0.378 e. The predicted octanol–water partition coefficient (Wildman–Crippen LogP) is 1.43. The lowest BCUT2D eigenvalue weighted by atomic mass is 10.2. The highest BCUT2D eigenvalue weighted by Gasteiger charge is 2.23. The van der Waals surface area contributed by atoms with Crippen LogP contribution in [0.2, 0.25) is 0 Å². The first kappa shape index (κ1) is 17.0. The van der Waals surface area contributed by atoms with Gasteiger partial charge < -0.3 is 25.2 Å². The van der Waals surface area contributed by atoms with Gasteiger partial charge in [0.2, 0.25) is 5.91 Å². The van der Waals surface area contributed by atoms with Gasteiger partial charge >= 0.3 is 0 Å². The van der Waals surface area contributed by atoms with Crippen molar-refractivity contribution in [2.45, 2.75) is 18.9 Å². The molecule has 1 aromatic carbocycles. The summed E-state index contributed by atoms with van der Waals surface area (Å²) >= 11 is 5.28. The summed E-state index contributed by atoms with van der Waals surface area (Å²) in [4.78, 5) is 16.2. The number of carbonyl (C=O) groups is 1. The Hall–Kier alpha value is -1.86. The van der Waals surface area contributed by atoms with Crippen LogP contribution in [-0.4, -0.2) is 61.9 Å². The molecule has 2 N–H and O–H groups in total. The van der Waals surface area contributed by atoms with E-state index >= 15 is 0 Å². The van der Waals surface area contributed by atoms with E-state index in [0.717, 1.165) is 50.5 Å². The van der Waals surface area contributed by atoms with Crippen molar-refractivity contribution in [1.29, 1.82) is 0 Å². The number of thiocarbonyl (C=S) groups is 1. The number of amides is 1. The highest BCUT2D eigenvalue weighted by Crippen LogP contribution is 2.20. The van der Waals surface area contributed by atoms with Gasteiger partial charge in [0.05, 0.1) is 19.8 Å². The standard InChI is InChI=1S/C17H24N4O2S/c1-20(17(24)19-14-2-3-14)12-16(22)18-13-4-6-15(7-5-13)21-8-10-23-11-9-21/h4-7,14H,2-3,8-12H2,1H3,(H,18,22)(H,19,24). The second-order valence-electron chi connectivity index (χ2n) is 6.27. The Morgan fingerprint density at radius 3 is 2.58 bits per heavy atom. The van der Waals surface area contributed by atoms with Crippen LogP contribution in [0.3, 0.4) is 0 Å². The van der Waals surface area contributed by atoms with Gasteiger partial charge in [-0.25, -0.2) is 0 Å². The number of likely N-dealkylation sites (N-methyl/N-ethyl adjacent to an activating group) is 1. The zero-order valence-corrected chi connectivity index (χ0v) is 14.8. The molecule has 0 aromatic heterocycles. The SMILES string of the molecule is CN(CC(=O)Nc1ccc(N2CCOCC2)cc1)C(=S)NC1CC1. The number of rotatable bonds is 5. The highest BCUT2D eigenvalue weighted by atomic mass is 32.1. The molecule has 2 aliphatic rings. The fraction of sp³-hybridized carbons (Fsp3) is 0.529. The lowest BCUT2D eigenvalue weighted by Crippen LogP contribution is -2.42. The molecule has 1 aromatic rings. The zero-order valence-electron chi connectivity index (χ0n) is 14.0. The summed E-state index contributed by atoms with van der Waals surface area (Å²) in [6.07, 6.45) is 2.32. The molecule has 24 heavy (non-hydrogen) atoms. The molecule has 1 saturated heterocycles. The van der Waals surface area contributed by atoms with Gasteiger partial charge in [-0.2, -0.15) is 0 Å². The van der Waals surface area contributed by atoms with E-state index in [4.69, 9.17) is 17.0 Å². The number of morpholine rings is 1. The Kier molecular flexibility index (Phi) is 5.52. The molecule has 0 atom stereocenters. The van der Waals surface area contributed by atoms with Gasteiger partial charge in [0.15, 0.2) is 5.11 Å². The van der Waals surface area contributed by atoms with Crippen LogP contribution in [0.15, 0.2) is 24.3 Å². The van der Waals surface area contributed by atoms with Crippen LogP contribution in [0.25, 0.3) is 0 Å². The molecule has 6 nitrogen and oxygen atoms in total. The molecule has 0 bridgehead atoms. The van der Waals surface area contributed by atoms with Crippen molar-refractivity contribution in [3.63, 3.8) is 0 Å². The first-order valence-corrected chi connectivity index (χ1v) is 8.77. The summed E-state index contributed by atoms with van der Waals surface area (Å²) in [5, 5.41) is 6.78. The van der Waals surface area contributed by atoms with Gasteiger partial charge in [0.1, 0.15) is 0 Å². The number of ether oxygens (including phenoxy) is 1. The van der Waals surface area contributed by atoms with E-state index in [9.17, 15) is 4.79 Å². The monoisotopic (exact) mass is 348 g/mol. The summed E-state index contributed by atoms with van der Waals surface area (Å²) in [7, 11) is 1.83. The largest absolute Gasteiger partial charge is 0.378 e. The third-order valence-corrected chi connectivity index (χ3v) is 4.59. The van der Waals surface area contributed by atoms with E-state index in [1.165, 1.54) is 0 Å². The molecule has 1 heterocycles. The third kappa shape index (κ3) is 4.82. The van der Waals surface area contributed by atoms with Crippen molar-refractivity contribution >= 4 is 34.6 Å². The van der Waals surface area contributed by atoms with Crippen LogP contribution in [0, 0.1) is 0 Å². The lowest BCUT2D eigenvalue weighted by molar-refractivity contribution is -0.116. The van der Waals surface area contributed by atoms with Gasteiger partial charge in [0, 0.05) is 37.6 Å². The van der Waals surface area contributed by atoms with E-state index in [1.54, 1.807) is 4.90 Å². The van der Waals surface area contributed by atoms with Gasteiger partial charge in [-0.05, 0) is 49.3 Å². The van der Waals surface area contributed by atoms with Crippen molar-refractivity contribution in [3.8, 4) is 0 Å². The minimum absolute atomic E-state index is 0.0726. The predicted molar refractivity (Wildman–Crippen MR) is 99.5 cm³/mol. The van der Waals surface area contributed by atoms with Crippen LogP contribution < -0.4 is 15.5 Å². The quantitative estimate of drug-likeness (QED) is 0.785. The van der Waals surface area contributed by atoms with Crippen molar-refractivity contribution in [2.24, 2.45) is 0 Å². The third-order valence-electron chi connectivity index (χ3n) is 4.16. The van der Waals surface area contributed by atoms with Gasteiger partial charge in [-0.15, -0.1) is 0 Å². The molecular formula is C17H24N4O2S. The fourth-order valence-corrected chi connectivity index (χ4v) is 2.81. The average molecular weight is 348 g/mol. The van der Waals surface area contributed by atoms with Crippen LogP contribution in [-0.2, 0) is 9.53 Å². The van der Waals surface area contributed by atoms with E-state index < -0.39 is 0 Å². The lowest BCUT2D eigenvalue weighted by Gasteiger charge is -2.29. The normalized spacial score (nSPS) is 17.3. The summed E-state index contributed by atoms with van der Waals surface area (Å²) in [5.74, 6) is -0.0726. The molecule has 1 saturated carbocycles. The van der Waals surface area contributed by atoms with Crippen LogP contribution in [0.4, 0.5) is 11.4 Å². The number of benzene rings is 1. The number of anilines is 2. The summed E-state index contributed by atoms with van der Waals surface area (Å²) in [5.41, 5.74) is 1.95. The first-order valence-electron chi connectivity index (χ1n) is 8.36.